The van der Waals surface area contributed by atoms with Crippen LogP contribution in [0.25, 0.3) is 0 Å². The van der Waals surface area contributed by atoms with Gasteiger partial charge in [-0.25, -0.2) is 4.98 Å². The van der Waals surface area contributed by atoms with Gasteiger partial charge in [0.25, 0.3) is 5.91 Å². The Kier molecular flexibility index (Phi) is 4.76. The summed E-state index contributed by atoms with van der Waals surface area (Å²) in [4.78, 5) is 25.9. The number of carbonyl (C=O) groups is 2. The lowest BCUT2D eigenvalue weighted by molar-refractivity contribution is -0.142. The Hall–Kier alpha value is -1.98. The van der Waals surface area contributed by atoms with Gasteiger partial charge in [0.15, 0.2) is 0 Å². The monoisotopic (exact) mass is 254 g/mol. The first-order chi connectivity index (χ1) is 8.41. The molecule has 18 heavy (non-hydrogen) atoms. The number of halogens is 1. The lowest BCUT2D eigenvalue weighted by Gasteiger charge is -2.16. The largest absolute Gasteiger partial charge is 0.481 e. The van der Waals surface area contributed by atoms with E-state index in [1.54, 1.807) is 13.8 Å². The second-order valence-electron chi connectivity index (χ2n) is 4.27. The number of rotatable bonds is 5. The number of amides is 1. The molecular weight excluding hydrogens is 239 g/mol. The lowest BCUT2D eigenvalue weighted by Crippen LogP contribution is -2.35. The van der Waals surface area contributed by atoms with Crippen LogP contribution in [0.15, 0.2) is 18.3 Å². The third-order valence-electron chi connectivity index (χ3n) is 2.59. The van der Waals surface area contributed by atoms with Crippen molar-refractivity contribution in [2.24, 2.45) is 11.8 Å². The first kappa shape index (κ1) is 14.1. The highest BCUT2D eigenvalue weighted by molar-refractivity contribution is 5.94. The van der Waals surface area contributed by atoms with Gasteiger partial charge in [0, 0.05) is 12.7 Å². The minimum absolute atomic E-state index is 0.0310. The molecule has 1 aromatic heterocycles. The quantitative estimate of drug-likeness (QED) is 0.776. The van der Waals surface area contributed by atoms with E-state index in [0.717, 1.165) is 12.3 Å². The lowest BCUT2D eigenvalue weighted by atomic mass is 9.96. The van der Waals surface area contributed by atoms with Crippen molar-refractivity contribution in [3.63, 3.8) is 0 Å². The summed E-state index contributed by atoms with van der Waals surface area (Å²) in [6, 6.07) is 2.37. The number of carboxylic acid groups (broad SMARTS) is 1. The SMILES string of the molecule is CC(C)C(CNC(=O)c1ccc(F)nc1)C(=O)O. The van der Waals surface area contributed by atoms with E-state index in [0.29, 0.717) is 0 Å². The second kappa shape index (κ2) is 6.09. The van der Waals surface area contributed by atoms with Crippen LogP contribution in [0.1, 0.15) is 24.2 Å². The fourth-order valence-corrected chi connectivity index (χ4v) is 1.42. The van der Waals surface area contributed by atoms with Crippen LogP contribution in [-0.2, 0) is 4.79 Å². The Bertz CT molecular complexity index is 431. The number of carboxylic acids is 1. The molecule has 1 heterocycles. The Morgan fingerprint density at radius 2 is 2.11 bits per heavy atom. The summed E-state index contributed by atoms with van der Waals surface area (Å²) >= 11 is 0. The summed E-state index contributed by atoms with van der Waals surface area (Å²) in [5, 5.41) is 11.4. The molecular formula is C12H15FN2O3. The first-order valence-corrected chi connectivity index (χ1v) is 5.54. The molecule has 0 aromatic carbocycles. The summed E-state index contributed by atoms with van der Waals surface area (Å²) in [6.45, 7) is 3.57. The minimum atomic E-state index is -0.956. The van der Waals surface area contributed by atoms with Gasteiger partial charge >= 0.3 is 5.97 Å². The highest BCUT2D eigenvalue weighted by atomic mass is 19.1. The van der Waals surface area contributed by atoms with Gasteiger partial charge in [-0.1, -0.05) is 13.8 Å². The van der Waals surface area contributed by atoms with Gasteiger partial charge in [-0.05, 0) is 18.1 Å². The van der Waals surface area contributed by atoms with Crippen LogP contribution < -0.4 is 5.32 Å². The van der Waals surface area contributed by atoms with Crippen molar-refractivity contribution < 1.29 is 19.1 Å². The van der Waals surface area contributed by atoms with E-state index < -0.39 is 23.7 Å². The molecule has 1 atom stereocenters. The van der Waals surface area contributed by atoms with Crippen LogP contribution in [0.4, 0.5) is 4.39 Å². The highest BCUT2D eigenvalue weighted by Crippen LogP contribution is 2.10. The van der Waals surface area contributed by atoms with Crippen molar-refractivity contribution in [3.8, 4) is 0 Å². The fourth-order valence-electron chi connectivity index (χ4n) is 1.42. The molecule has 0 fully saturated rings. The van der Waals surface area contributed by atoms with Crippen LogP contribution >= 0.6 is 0 Å². The third kappa shape index (κ3) is 3.80. The topological polar surface area (TPSA) is 79.3 Å². The van der Waals surface area contributed by atoms with Crippen LogP contribution in [0.5, 0.6) is 0 Å². The molecule has 1 rings (SSSR count). The molecule has 0 aliphatic heterocycles. The van der Waals surface area contributed by atoms with Gasteiger partial charge in [0.05, 0.1) is 11.5 Å². The van der Waals surface area contributed by atoms with Crippen molar-refractivity contribution >= 4 is 11.9 Å². The van der Waals surface area contributed by atoms with Gasteiger partial charge in [-0.3, -0.25) is 9.59 Å². The Morgan fingerprint density at radius 1 is 1.44 bits per heavy atom. The number of pyridine rings is 1. The number of aromatic nitrogens is 1. The van der Waals surface area contributed by atoms with Crippen LogP contribution in [0, 0.1) is 17.8 Å². The van der Waals surface area contributed by atoms with Crippen molar-refractivity contribution in [2.75, 3.05) is 6.54 Å². The standard InChI is InChI=1S/C12H15FN2O3/c1-7(2)9(12(17)18)6-15-11(16)8-3-4-10(13)14-5-8/h3-5,7,9H,6H2,1-2H3,(H,15,16)(H,17,18). The summed E-state index contributed by atoms with van der Waals surface area (Å²) < 4.78 is 12.6. The molecule has 0 aliphatic carbocycles. The number of nitrogens with one attached hydrogen (secondary N) is 1. The van der Waals surface area contributed by atoms with Crippen LogP contribution in [0.3, 0.4) is 0 Å². The van der Waals surface area contributed by atoms with E-state index >= 15 is 0 Å². The Balaban J connectivity index is 2.60. The molecule has 6 heteroatoms. The van der Waals surface area contributed by atoms with Crippen molar-refractivity contribution in [3.05, 3.63) is 29.8 Å². The van der Waals surface area contributed by atoms with E-state index in [1.807, 2.05) is 0 Å². The predicted octanol–water partition coefficient (Wildman–Crippen LogP) is 1.31. The zero-order valence-electron chi connectivity index (χ0n) is 10.2. The van der Waals surface area contributed by atoms with Crippen molar-refractivity contribution in [2.45, 2.75) is 13.8 Å². The van der Waals surface area contributed by atoms with Crippen molar-refractivity contribution in [1.82, 2.24) is 10.3 Å². The Morgan fingerprint density at radius 3 is 2.56 bits per heavy atom. The van der Waals surface area contributed by atoms with Gasteiger partial charge in [-0.15, -0.1) is 0 Å². The zero-order chi connectivity index (χ0) is 13.7. The van der Waals surface area contributed by atoms with Gasteiger partial charge < -0.3 is 10.4 Å². The number of hydrogen-bond acceptors (Lipinski definition) is 3. The molecule has 1 unspecified atom stereocenters. The molecule has 2 N–H and O–H groups in total. The second-order valence-corrected chi connectivity index (χ2v) is 4.27. The number of nitrogens with zero attached hydrogens (tertiary/aromatic N) is 1. The summed E-state index contributed by atoms with van der Waals surface area (Å²) in [5.74, 6) is -2.83. The molecule has 0 radical (unpaired) electrons. The smallest absolute Gasteiger partial charge is 0.308 e. The molecule has 0 bridgehead atoms. The van der Waals surface area contributed by atoms with Crippen LogP contribution in [0.2, 0.25) is 0 Å². The normalized spacial score (nSPS) is 12.2. The summed E-state index contributed by atoms with van der Waals surface area (Å²) in [7, 11) is 0. The zero-order valence-corrected chi connectivity index (χ0v) is 10.2. The summed E-state index contributed by atoms with van der Waals surface area (Å²) in [5.41, 5.74) is 0.198. The molecule has 1 aromatic rings. The number of carbonyl (C=O) groups excluding carboxylic acids is 1. The predicted molar refractivity (Wildman–Crippen MR) is 62.5 cm³/mol. The maximum Gasteiger partial charge on any atom is 0.308 e. The van der Waals surface area contributed by atoms with E-state index in [2.05, 4.69) is 10.3 Å². The van der Waals surface area contributed by atoms with E-state index in [-0.39, 0.29) is 18.0 Å². The average Bonchev–Trinajstić information content (AvgIpc) is 2.28. The van der Waals surface area contributed by atoms with Gasteiger partial charge in [0.2, 0.25) is 5.95 Å². The molecule has 1 amide bonds. The molecule has 0 saturated carbocycles. The molecule has 0 saturated heterocycles. The number of aliphatic carboxylic acids is 1. The van der Waals surface area contributed by atoms with Crippen LogP contribution in [-0.4, -0.2) is 28.5 Å². The maximum atomic E-state index is 12.6. The molecule has 5 nitrogen and oxygen atoms in total. The summed E-state index contributed by atoms with van der Waals surface area (Å²) in [6.07, 6.45) is 1.11. The molecule has 98 valence electrons. The minimum Gasteiger partial charge on any atom is -0.481 e. The average molecular weight is 254 g/mol. The molecule has 0 spiro atoms. The van der Waals surface area contributed by atoms with E-state index in [1.165, 1.54) is 6.07 Å². The van der Waals surface area contributed by atoms with E-state index in [9.17, 15) is 14.0 Å². The first-order valence-electron chi connectivity index (χ1n) is 5.54. The van der Waals surface area contributed by atoms with Gasteiger partial charge in [-0.2, -0.15) is 4.39 Å². The van der Waals surface area contributed by atoms with Gasteiger partial charge in [0.1, 0.15) is 0 Å². The Labute approximate surface area is 104 Å². The fraction of sp³-hybridized carbons (Fsp3) is 0.417. The van der Waals surface area contributed by atoms with E-state index in [4.69, 9.17) is 5.11 Å². The maximum absolute atomic E-state index is 12.6. The third-order valence-corrected chi connectivity index (χ3v) is 2.59. The molecule has 0 aliphatic rings. The van der Waals surface area contributed by atoms with Crippen molar-refractivity contribution in [1.29, 1.82) is 0 Å². The highest BCUT2D eigenvalue weighted by Gasteiger charge is 2.22. The number of hydrogen-bond donors (Lipinski definition) is 2.